The van der Waals surface area contributed by atoms with Crippen LogP contribution in [0.4, 0.5) is 17.6 Å². The molecule has 0 aromatic heterocycles. The highest BCUT2D eigenvalue weighted by atomic mass is 19.3. The molecule has 82 valence electrons. The van der Waals surface area contributed by atoms with Gasteiger partial charge in [0.25, 0.3) is 0 Å². The van der Waals surface area contributed by atoms with Crippen LogP contribution in [-0.2, 0) is 0 Å². The Balaban J connectivity index is 3.17. The lowest BCUT2D eigenvalue weighted by Gasteiger charge is -2.06. The van der Waals surface area contributed by atoms with Gasteiger partial charge in [0.2, 0.25) is 0 Å². The largest absolute Gasteiger partial charge is 0.478 e. The fraction of sp³-hybridized carbons (Fsp3) is 0.125. The number of carboxylic acids is 1. The zero-order chi connectivity index (χ0) is 11.6. The van der Waals surface area contributed by atoms with Gasteiger partial charge in [0, 0.05) is 12.1 Å². The summed E-state index contributed by atoms with van der Waals surface area (Å²) >= 11 is 0. The Hall–Kier alpha value is -1.79. The van der Waals surface area contributed by atoms with E-state index >= 15 is 0 Å². The van der Waals surface area contributed by atoms with Gasteiger partial charge < -0.3 is 9.84 Å². The zero-order valence-corrected chi connectivity index (χ0v) is 7.01. The van der Waals surface area contributed by atoms with Crippen molar-refractivity contribution in [3.05, 3.63) is 29.3 Å². The van der Waals surface area contributed by atoms with Crippen LogP contribution in [0.15, 0.2) is 12.1 Å². The molecule has 0 amide bonds. The molecular weight excluding hydrogens is 220 g/mol. The van der Waals surface area contributed by atoms with Gasteiger partial charge >= 0.3 is 12.6 Å². The number of hydrogen-bond donors (Lipinski definition) is 1. The van der Waals surface area contributed by atoms with Crippen LogP contribution in [0.3, 0.4) is 0 Å². The van der Waals surface area contributed by atoms with Crippen LogP contribution in [-0.4, -0.2) is 17.7 Å². The first-order valence-corrected chi connectivity index (χ1v) is 3.59. The highest BCUT2D eigenvalue weighted by molar-refractivity contribution is 5.88. The summed E-state index contributed by atoms with van der Waals surface area (Å²) in [5.74, 6) is -5.46. The molecule has 0 bridgehead atoms. The van der Waals surface area contributed by atoms with Gasteiger partial charge in [0.1, 0.15) is 5.82 Å². The number of rotatable bonds is 3. The van der Waals surface area contributed by atoms with Crippen molar-refractivity contribution in [1.82, 2.24) is 0 Å². The summed E-state index contributed by atoms with van der Waals surface area (Å²) in [5, 5.41) is 8.41. The summed E-state index contributed by atoms with van der Waals surface area (Å²) in [4.78, 5) is 10.4. The van der Waals surface area contributed by atoms with Crippen molar-refractivity contribution in [3.63, 3.8) is 0 Å². The topological polar surface area (TPSA) is 46.5 Å². The van der Waals surface area contributed by atoms with Gasteiger partial charge in [0.15, 0.2) is 11.6 Å². The van der Waals surface area contributed by atoms with Gasteiger partial charge in [-0.15, -0.1) is 0 Å². The third-order valence-corrected chi connectivity index (χ3v) is 1.47. The first-order valence-electron chi connectivity index (χ1n) is 3.59. The Morgan fingerprint density at radius 3 is 2.33 bits per heavy atom. The predicted molar refractivity (Wildman–Crippen MR) is 39.9 cm³/mol. The third kappa shape index (κ3) is 2.58. The molecule has 7 heteroatoms. The van der Waals surface area contributed by atoms with Gasteiger partial charge in [0.05, 0.1) is 5.56 Å². The first kappa shape index (κ1) is 11.3. The van der Waals surface area contributed by atoms with E-state index in [2.05, 4.69) is 4.74 Å². The van der Waals surface area contributed by atoms with Crippen molar-refractivity contribution < 1.29 is 32.2 Å². The number of carboxylic acid groups (broad SMARTS) is 1. The van der Waals surface area contributed by atoms with Gasteiger partial charge in [-0.25, -0.2) is 13.6 Å². The van der Waals surface area contributed by atoms with Crippen molar-refractivity contribution >= 4 is 5.97 Å². The molecule has 0 radical (unpaired) electrons. The van der Waals surface area contributed by atoms with E-state index in [0.29, 0.717) is 6.07 Å². The molecule has 1 N–H and O–H groups in total. The molecule has 0 aliphatic heterocycles. The van der Waals surface area contributed by atoms with Crippen molar-refractivity contribution in [2.45, 2.75) is 6.61 Å². The molecule has 1 aromatic rings. The van der Waals surface area contributed by atoms with E-state index in [1.165, 1.54) is 0 Å². The van der Waals surface area contributed by atoms with Crippen LogP contribution in [0.25, 0.3) is 0 Å². The summed E-state index contributed by atoms with van der Waals surface area (Å²) in [5.41, 5.74) is -0.938. The lowest BCUT2D eigenvalue weighted by Crippen LogP contribution is -2.07. The average Bonchev–Trinajstić information content (AvgIpc) is 2.08. The van der Waals surface area contributed by atoms with E-state index in [4.69, 9.17) is 5.11 Å². The monoisotopic (exact) mass is 224 g/mol. The molecule has 15 heavy (non-hydrogen) atoms. The van der Waals surface area contributed by atoms with Crippen LogP contribution in [0, 0.1) is 11.6 Å². The maximum atomic E-state index is 12.8. The van der Waals surface area contributed by atoms with Crippen LogP contribution in [0.1, 0.15) is 10.4 Å². The number of hydrogen-bond acceptors (Lipinski definition) is 2. The summed E-state index contributed by atoms with van der Waals surface area (Å²) in [6, 6.07) is 0.528. The van der Waals surface area contributed by atoms with Crippen LogP contribution < -0.4 is 4.74 Å². The molecule has 0 atom stereocenters. The molecule has 0 aliphatic carbocycles. The van der Waals surface area contributed by atoms with Crippen molar-refractivity contribution in [1.29, 1.82) is 0 Å². The summed E-state index contributed by atoms with van der Waals surface area (Å²) < 4.78 is 52.6. The highest BCUT2D eigenvalue weighted by Crippen LogP contribution is 2.23. The number of benzene rings is 1. The summed E-state index contributed by atoms with van der Waals surface area (Å²) in [6.45, 7) is -3.31. The minimum atomic E-state index is -3.31. The Morgan fingerprint density at radius 1 is 1.27 bits per heavy atom. The van der Waals surface area contributed by atoms with Crippen molar-refractivity contribution in [2.75, 3.05) is 0 Å². The van der Waals surface area contributed by atoms with Crippen molar-refractivity contribution in [3.8, 4) is 5.75 Å². The Bertz CT molecular complexity index is 392. The van der Waals surface area contributed by atoms with Crippen LogP contribution in [0.5, 0.6) is 5.75 Å². The number of ether oxygens (including phenoxy) is 1. The van der Waals surface area contributed by atoms with E-state index in [-0.39, 0.29) is 6.07 Å². The van der Waals surface area contributed by atoms with Gasteiger partial charge in [-0.05, 0) is 0 Å². The summed E-state index contributed by atoms with van der Waals surface area (Å²) in [6.07, 6.45) is 0. The molecule has 0 spiro atoms. The first-order chi connectivity index (χ1) is 6.91. The van der Waals surface area contributed by atoms with E-state index in [9.17, 15) is 22.4 Å². The molecule has 0 fully saturated rings. The molecule has 1 aromatic carbocycles. The molecule has 0 heterocycles. The van der Waals surface area contributed by atoms with Crippen molar-refractivity contribution in [2.24, 2.45) is 0 Å². The molecule has 0 unspecified atom stereocenters. The van der Waals surface area contributed by atoms with Gasteiger partial charge in [-0.2, -0.15) is 8.78 Å². The minimum Gasteiger partial charge on any atom is -0.478 e. The number of aromatic carboxylic acids is 1. The van der Waals surface area contributed by atoms with Crippen LogP contribution in [0.2, 0.25) is 0 Å². The standard InChI is InChI=1S/C8H4F4O3/c9-4-2-5(10)6(15-8(11)12)1-3(4)7(13)14/h1-2,8H,(H,13,14). The molecule has 3 nitrogen and oxygen atoms in total. The van der Waals surface area contributed by atoms with E-state index in [1.807, 2.05) is 0 Å². The summed E-state index contributed by atoms with van der Waals surface area (Å²) in [7, 11) is 0. The Kier molecular flexibility index (Phi) is 3.13. The molecular formula is C8H4F4O3. The lowest BCUT2D eigenvalue weighted by molar-refractivity contribution is -0.0523. The molecule has 0 aliphatic rings. The second-order valence-corrected chi connectivity index (χ2v) is 2.45. The minimum absolute atomic E-state index is 0.168. The maximum absolute atomic E-state index is 12.8. The number of halogens is 4. The normalized spacial score (nSPS) is 10.5. The average molecular weight is 224 g/mol. The Labute approximate surface area is 80.9 Å². The second-order valence-electron chi connectivity index (χ2n) is 2.45. The maximum Gasteiger partial charge on any atom is 0.387 e. The highest BCUT2D eigenvalue weighted by Gasteiger charge is 2.18. The SMILES string of the molecule is O=C(O)c1cc(OC(F)F)c(F)cc1F. The number of carbonyl (C=O) groups is 1. The predicted octanol–water partition coefficient (Wildman–Crippen LogP) is 2.26. The van der Waals surface area contributed by atoms with E-state index < -0.39 is 35.5 Å². The van der Waals surface area contributed by atoms with E-state index in [0.717, 1.165) is 0 Å². The van der Waals surface area contributed by atoms with Gasteiger partial charge in [-0.1, -0.05) is 0 Å². The number of alkyl halides is 2. The fourth-order valence-corrected chi connectivity index (χ4v) is 0.879. The lowest BCUT2D eigenvalue weighted by atomic mass is 10.2. The smallest absolute Gasteiger partial charge is 0.387 e. The third-order valence-electron chi connectivity index (χ3n) is 1.47. The van der Waals surface area contributed by atoms with Gasteiger partial charge in [-0.3, -0.25) is 0 Å². The molecule has 0 saturated heterocycles. The molecule has 1 rings (SSSR count). The van der Waals surface area contributed by atoms with Crippen LogP contribution >= 0.6 is 0 Å². The Morgan fingerprint density at radius 2 is 1.87 bits per heavy atom. The zero-order valence-electron chi connectivity index (χ0n) is 7.01. The second kappa shape index (κ2) is 4.16. The van der Waals surface area contributed by atoms with E-state index in [1.54, 1.807) is 0 Å². The fourth-order valence-electron chi connectivity index (χ4n) is 0.879. The molecule has 0 saturated carbocycles. The quantitative estimate of drug-likeness (QED) is 0.801.